The molecule has 0 aliphatic heterocycles. The summed E-state index contributed by atoms with van der Waals surface area (Å²) < 4.78 is 10.7. The molecule has 0 saturated carbocycles. The van der Waals surface area contributed by atoms with Gasteiger partial charge in [-0.1, -0.05) is 0 Å². The monoisotopic (exact) mass is 229 g/mol. The van der Waals surface area contributed by atoms with Gasteiger partial charge in [-0.3, -0.25) is 9.36 Å². The third-order valence-corrected chi connectivity index (χ3v) is 3.06. The van der Waals surface area contributed by atoms with Crippen LogP contribution in [0.15, 0.2) is 0 Å². The summed E-state index contributed by atoms with van der Waals surface area (Å²) in [7, 11) is -5.10. The number of Topliss-reactive ketones (excluding diaryl/α,β-unsaturated/α-hetero) is 1. The number of nitrogens with two attached hydrogens (primary N) is 1. The van der Waals surface area contributed by atoms with Crippen molar-refractivity contribution in [3.63, 3.8) is 0 Å². The summed E-state index contributed by atoms with van der Waals surface area (Å²) in [6.45, 7) is -2.36. The predicted molar refractivity (Wildman–Crippen MR) is 44.1 cm³/mol. The van der Waals surface area contributed by atoms with Crippen LogP contribution in [0.1, 0.15) is 0 Å². The summed E-state index contributed by atoms with van der Waals surface area (Å²) in [6.07, 6.45) is -2.03. The molecule has 0 aromatic carbocycles. The summed E-state index contributed by atoms with van der Waals surface area (Å²) in [5, 5.41) is 22.9. The lowest BCUT2D eigenvalue weighted by atomic mass is 10.1. The predicted octanol–water partition coefficient (Wildman–Crippen LogP) is -3.27. The van der Waals surface area contributed by atoms with Crippen LogP contribution in [0.25, 0.3) is 0 Å². The molecule has 0 saturated heterocycles. The maximum atomic E-state index is 11.1. The number of carbonyl (C=O) groups is 1. The van der Waals surface area contributed by atoms with Gasteiger partial charge in [0.15, 0.2) is 5.78 Å². The molecule has 0 bridgehead atoms. The van der Waals surface area contributed by atoms with Crippen molar-refractivity contribution in [1.29, 1.82) is 0 Å². The molecule has 84 valence electrons. The number of hydrogen-bond acceptors (Lipinski definition) is 6. The third kappa shape index (κ3) is 2.37. The van der Waals surface area contributed by atoms with Gasteiger partial charge in [0, 0.05) is 0 Å². The molecule has 0 aliphatic rings. The highest BCUT2D eigenvalue weighted by Gasteiger charge is 2.51. The van der Waals surface area contributed by atoms with Gasteiger partial charge in [0.25, 0.3) is 0 Å². The lowest BCUT2D eigenvalue weighted by Crippen LogP contribution is -2.55. The molecule has 0 heterocycles. The van der Waals surface area contributed by atoms with E-state index in [1.165, 1.54) is 0 Å². The van der Waals surface area contributed by atoms with Crippen LogP contribution in [-0.2, 0) is 9.36 Å². The lowest BCUT2D eigenvalue weighted by Gasteiger charge is -2.27. The van der Waals surface area contributed by atoms with Crippen LogP contribution in [0.3, 0.4) is 0 Å². The van der Waals surface area contributed by atoms with E-state index in [4.69, 9.17) is 30.8 Å². The fourth-order valence-corrected chi connectivity index (χ4v) is 1.31. The number of rotatable bonds is 5. The maximum absolute atomic E-state index is 11.1. The Morgan fingerprint density at radius 2 is 1.86 bits per heavy atom. The van der Waals surface area contributed by atoms with Crippen LogP contribution in [0.2, 0.25) is 0 Å². The van der Waals surface area contributed by atoms with Crippen molar-refractivity contribution in [3.05, 3.63) is 0 Å². The molecule has 7 N–H and O–H groups in total. The average molecular weight is 229 g/mol. The molecule has 0 aromatic rings. The minimum atomic E-state index is -5.10. The van der Waals surface area contributed by atoms with Crippen molar-refractivity contribution in [2.24, 2.45) is 5.73 Å². The maximum Gasteiger partial charge on any atom is 0.355 e. The standard InChI is InChI=1S/C5H12NO7P/c6-5(2-8,14(11,12)13)4(10)3(9)1-7/h3,7-9H,1-2,6H2,(H2,11,12,13). The van der Waals surface area contributed by atoms with Gasteiger partial charge < -0.3 is 30.8 Å². The topological polar surface area (TPSA) is 161 Å². The first-order chi connectivity index (χ1) is 6.20. The highest BCUT2D eigenvalue weighted by molar-refractivity contribution is 7.54. The van der Waals surface area contributed by atoms with Crippen LogP contribution in [0, 0.1) is 0 Å². The van der Waals surface area contributed by atoms with Crippen molar-refractivity contribution in [2.45, 2.75) is 11.4 Å². The molecule has 0 amide bonds. The Labute approximate surface area is 79.1 Å². The van der Waals surface area contributed by atoms with Crippen molar-refractivity contribution < 1.29 is 34.5 Å². The zero-order valence-corrected chi connectivity index (χ0v) is 7.96. The van der Waals surface area contributed by atoms with Crippen LogP contribution < -0.4 is 5.73 Å². The molecular formula is C5H12NO7P. The smallest absolute Gasteiger partial charge is 0.355 e. The molecule has 2 unspecified atom stereocenters. The highest BCUT2D eigenvalue weighted by atomic mass is 31.2. The molecule has 9 heteroatoms. The summed E-state index contributed by atoms with van der Waals surface area (Å²) in [5.41, 5.74) is 4.96. The molecule has 0 spiro atoms. The normalized spacial score (nSPS) is 18.7. The number of aliphatic hydroxyl groups is 3. The van der Waals surface area contributed by atoms with Crippen LogP contribution in [0.5, 0.6) is 0 Å². The minimum Gasteiger partial charge on any atom is -0.393 e. The lowest BCUT2D eigenvalue weighted by molar-refractivity contribution is -0.133. The van der Waals surface area contributed by atoms with Gasteiger partial charge in [-0.05, 0) is 0 Å². The zero-order chi connectivity index (χ0) is 11.6. The first-order valence-corrected chi connectivity index (χ1v) is 5.10. The molecule has 14 heavy (non-hydrogen) atoms. The van der Waals surface area contributed by atoms with E-state index in [0.29, 0.717) is 0 Å². The Bertz CT molecular complexity index is 263. The summed E-state index contributed by atoms with van der Waals surface area (Å²) in [4.78, 5) is 28.4. The minimum absolute atomic E-state index is 1.03. The molecule has 0 aliphatic carbocycles. The summed E-state index contributed by atoms with van der Waals surface area (Å²) >= 11 is 0. The summed E-state index contributed by atoms with van der Waals surface area (Å²) in [5.74, 6) is -1.50. The quantitative estimate of drug-likeness (QED) is 0.267. The Morgan fingerprint density at radius 3 is 2.07 bits per heavy atom. The van der Waals surface area contributed by atoms with E-state index in [-0.39, 0.29) is 0 Å². The van der Waals surface area contributed by atoms with Gasteiger partial charge in [0.2, 0.25) is 5.28 Å². The second-order valence-electron chi connectivity index (χ2n) is 2.69. The summed E-state index contributed by atoms with van der Waals surface area (Å²) in [6, 6.07) is 0. The van der Waals surface area contributed by atoms with Gasteiger partial charge in [0.1, 0.15) is 6.10 Å². The largest absolute Gasteiger partial charge is 0.393 e. The number of aliphatic hydroxyl groups excluding tert-OH is 3. The Hall–Kier alpha value is -0.340. The van der Waals surface area contributed by atoms with E-state index in [1.807, 2.05) is 0 Å². The van der Waals surface area contributed by atoms with E-state index in [2.05, 4.69) is 0 Å². The number of carbonyl (C=O) groups excluding carboxylic acids is 1. The van der Waals surface area contributed by atoms with Crippen molar-refractivity contribution >= 4 is 13.4 Å². The van der Waals surface area contributed by atoms with Gasteiger partial charge >= 0.3 is 7.60 Å². The SMILES string of the molecule is NC(CO)(C(=O)C(O)CO)P(=O)(O)O. The van der Waals surface area contributed by atoms with Crippen LogP contribution in [-0.4, -0.2) is 55.5 Å². The highest BCUT2D eigenvalue weighted by Crippen LogP contribution is 2.47. The average Bonchev–Trinajstić information content (AvgIpc) is 2.12. The van der Waals surface area contributed by atoms with Crippen molar-refractivity contribution in [1.82, 2.24) is 0 Å². The van der Waals surface area contributed by atoms with Gasteiger partial charge in [-0.25, -0.2) is 0 Å². The Morgan fingerprint density at radius 1 is 1.43 bits per heavy atom. The number of ketones is 1. The van der Waals surface area contributed by atoms with E-state index >= 15 is 0 Å². The van der Waals surface area contributed by atoms with E-state index in [0.717, 1.165) is 0 Å². The third-order valence-electron chi connectivity index (χ3n) is 1.66. The van der Waals surface area contributed by atoms with Gasteiger partial charge in [-0.2, -0.15) is 0 Å². The van der Waals surface area contributed by atoms with Crippen molar-refractivity contribution in [3.8, 4) is 0 Å². The number of hydrogen-bond donors (Lipinski definition) is 6. The molecule has 0 fully saturated rings. The molecule has 8 nitrogen and oxygen atoms in total. The van der Waals surface area contributed by atoms with E-state index in [1.54, 1.807) is 0 Å². The van der Waals surface area contributed by atoms with Crippen LogP contribution >= 0.6 is 7.60 Å². The zero-order valence-electron chi connectivity index (χ0n) is 7.07. The van der Waals surface area contributed by atoms with E-state index < -0.39 is 38.0 Å². The molecular weight excluding hydrogens is 217 g/mol. The first kappa shape index (κ1) is 13.7. The Balaban J connectivity index is 5.07. The Kier molecular flexibility index (Phi) is 4.34. The fourth-order valence-electron chi connectivity index (χ4n) is 0.685. The van der Waals surface area contributed by atoms with E-state index in [9.17, 15) is 9.36 Å². The van der Waals surface area contributed by atoms with Gasteiger partial charge in [0.05, 0.1) is 13.2 Å². The van der Waals surface area contributed by atoms with Gasteiger partial charge in [-0.15, -0.1) is 0 Å². The van der Waals surface area contributed by atoms with Crippen LogP contribution in [0.4, 0.5) is 0 Å². The molecule has 0 aromatic heterocycles. The second kappa shape index (κ2) is 4.45. The second-order valence-corrected chi connectivity index (χ2v) is 4.58. The fraction of sp³-hybridized carbons (Fsp3) is 0.800. The molecule has 0 radical (unpaired) electrons. The van der Waals surface area contributed by atoms with Crippen molar-refractivity contribution in [2.75, 3.05) is 13.2 Å². The molecule has 0 rings (SSSR count). The first-order valence-electron chi connectivity index (χ1n) is 3.49. The molecule has 2 atom stereocenters.